The second-order valence-corrected chi connectivity index (χ2v) is 5.21. The molecule has 0 amide bonds. The molecule has 1 saturated heterocycles. The van der Waals surface area contributed by atoms with Gasteiger partial charge in [-0.05, 0) is 32.5 Å². The van der Waals surface area contributed by atoms with Gasteiger partial charge in [-0.3, -0.25) is 0 Å². The van der Waals surface area contributed by atoms with Gasteiger partial charge >= 0.3 is 0 Å². The highest BCUT2D eigenvalue weighted by Crippen LogP contribution is 2.16. The monoisotopic (exact) mass is 252 g/mol. The predicted octanol–water partition coefficient (Wildman–Crippen LogP) is -0.899. The Morgan fingerprint density at radius 3 is 2.78 bits per heavy atom. The van der Waals surface area contributed by atoms with E-state index in [1.165, 1.54) is 0 Å². The molecule has 0 aromatic heterocycles. The summed E-state index contributed by atoms with van der Waals surface area (Å²) in [6, 6.07) is 0. The van der Waals surface area contributed by atoms with Crippen LogP contribution >= 0.6 is 0 Å². The first kappa shape index (κ1) is 13.3. The van der Waals surface area contributed by atoms with Gasteiger partial charge in [0.1, 0.15) is 5.66 Å². The molecule has 0 saturated carbocycles. The molecule has 0 bridgehead atoms. The molecule has 0 radical (unpaired) electrons. The fraction of sp³-hybridized carbons (Fsp3) is 0.750. The molecule has 5 N–H and O–H groups in total. The van der Waals surface area contributed by atoms with Crippen molar-refractivity contribution in [2.75, 3.05) is 39.8 Å². The SMILES string of the molecule is CN1CCN(CCCC2(N)C=CNC(N)=N2)CC1. The number of likely N-dealkylation sites (N-methyl/N-ethyl adjacent to an activating group) is 1. The van der Waals surface area contributed by atoms with Crippen LogP contribution in [0.3, 0.4) is 0 Å². The van der Waals surface area contributed by atoms with Gasteiger partial charge in [0.15, 0.2) is 5.96 Å². The third-order valence-corrected chi connectivity index (χ3v) is 3.58. The van der Waals surface area contributed by atoms with Gasteiger partial charge in [0.2, 0.25) is 0 Å². The Bertz CT molecular complexity index is 331. The summed E-state index contributed by atoms with van der Waals surface area (Å²) < 4.78 is 0. The van der Waals surface area contributed by atoms with E-state index in [2.05, 4.69) is 27.2 Å². The van der Waals surface area contributed by atoms with Gasteiger partial charge in [-0.1, -0.05) is 0 Å². The first-order chi connectivity index (χ1) is 8.57. The zero-order valence-electron chi connectivity index (χ0n) is 11.1. The van der Waals surface area contributed by atoms with Gasteiger partial charge in [0.25, 0.3) is 0 Å². The average Bonchev–Trinajstić information content (AvgIpc) is 2.31. The van der Waals surface area contributed by atoms with E-state index >= 15 is 0 Å². The Labute approximate surface area is 109 Å². The Morgan fingerprint density at radius 1 is 1.39 bits per heavy atom. The van der Waals surface area contributed by atoms with E-state index in [1.54, 1.807) is 6.20 Å². The Hall–Kier alpha value is -1.11. The lowest BCUT2D eigenvalue weighted by Crippen LogP contribution is -2.46. The summed E-state index contributed by atoms with van der Waals surface area (Å²) in [4.78, 5) is 9.11. The Kier molecular flexibility index (Phi) is 4.21. The van der Waals surface area contributed by atoms with Gasteiger partial charge in [0, 0.05) is 32.4 Å². The van der Waals surface area contributed by atoms with E-state index in [0.29, 0.717) is 5.96 Å². The summed E-state index contributed by atoms with van der Waals surface area (Å²) in [7, 11) is 2.17. The van der Waals surface area contributed by atoms with Crippen LogP contribution in [0.15, 0.2) is 17.3 Å². The van der Waals surface area contributed by atoms with Gasteiger partial charge in [-0.2, -0.15) is 0 Å². The van der Waals surface area contributed by atoms with Crippen LogP contribution in [0.5, 0.6) is 0 Å². The lowest BCUT2D eigenvalue weighted by Gasteiger charge is -2.33. The minimum atomic E-state index is -0.623. The molecule has 0 aliphatic carbocycles. The molecule has 2 aliphatic rings. The van der Waals surface area contributed by atoms with Crippen molar-refractivity contribution in [3.8, 4) is 0 Å². The highest BCUT2D eigenvalue weighted by molar-refractivity contribution is 5.80. The van der Waals surface area contributed by atoms with E-state index in [9.17, 15) is 0 Å². The summed E-state index contributed by atoms with van der Waals surface area (Å²) in [6.07, 6.45) is 5.53. The third-order valence-electron chi connectivity index (χ3n) is 3.58. The molecule has 2 heterocycles. The van der Waals surface area contributed by atoms with Crippen molar-refractivity contribution in [3.63, 3.8) is 0 Å². The standard InChI is InChI=1S/C12H24N6/c1-17-7-9-18(10-8-17)6-2-3-12(14)4-5-15-11(13)16-12/h4-5H,2-3,6-10,14H2,1H3,(H3,13,15,16). The van der Waals surface area contributed by atoms with Crippen LogP contribution in [0.25, 0.3) is 0 Å². The molecular formula is C12H24N6. The molecule has 0 spiro atoms. The maximum atomic E-state index is 6.17. The number of nitrogens with zero attached hydrogens (tertiary/aromatic N) is 3. The van der Waals surface area contributed by atoms with Crippen LogP contribution in [-0.2, 0) is 0 Å². The van der Waals surface area contributed by atoms with Crippen molar-refractivity contribution in [1.82, 2.24) is 15.1 Å². The maximum Gasteiger partial charge on any atom is 0.194 e. The zero-order chi connectivity index (χ0) is 13.0. The first-order valence-electron chi connectivity index (χ1n) is 6.57. The molecule has 18 heavy (non-hydrogen) atoms. The highest BCUT2D eigenvalue weighted by Gasteiger charge is 2.23. The van der Waals surface area contributed by atoms with Crippen LogP contribution in [-0.4, -0.2) is 61.2 Å². The largest absolute Gasteiger partial charge is 0.370 e. The first-order valence-corrected chi connectivity index (χ1v) is 6.57. The van der Waals surface area contributed by atoms with Gasteiger partial charge < -0.3 is 26.6 Å². The molecule has 1 atom stereocenters. The van der Waals surface area contributed by atoms with Gasteiger partial charge in [0.05, 0.1) is 0 Å². The molecule has 0 aromatic carbocycles. The lowest BCUT2D eigenvalue weighted by molar-refractivity contribution is 0.150. The van der Waals surface area contributed by atoms with Gasteiger partial charge in [-0.25, -0.2) is 4.99 Å². The smallest absolute Gasteiger partial charge is 0.194 e. The van der Waals surface area contributed by atoms with E-state index in [-0.39, 0.29) is 0 Å². The molecule has 102 valence electrons. The van der Waals surface area contributed by atoms with Crippen molar-refractivity contribution >= 4 is 5.96 Å². The maximum absolute atomic E-state index is 6.17. The number of guanidine groups is 1. The quantitative estimate of drug-likeness (QED) is 0.604. The van der Waals surface area contributed by atoms with E-state index in [1.807, 2.05) is 6.08 Å². The van der Waals surface area contributed by atoms with Crippen molar-refractivity contribution in [2.24, 2.45) is 16.5 Å². The number of hydrogen-bond acceptors (Lipinski definition) is 6. The zero-order valence-corrected chi connectivity index (χ0v) is 11.1. The van der Waals surface area contributed by atoms with Crippen LogP contribution in [0.1, 0.15) is 12.8 Å². The summed E-state index contributed by atoms with van der Waals surface area (Å²) >= 11 is 0. The minimum Gasteiger partial charge on any atom is -0.370 e. The van der Waals surface area contributed by atoms with Crippen LogP contribution in [0.4, 0.5) is 0 Å². The van der Waals surface area contributed by atoms with Crippen molar-refractivity contribution < 1.29 is 0 Å². The molecule has 0 aromatic rings. The molecule has 2 aliphatic heterocycles. The lowest BCUT2D eigenvalue weighted by atomic mass is 10.0. The van der Waals surface area contributed by atoms with E-state index in [0.717, 1.165) is 45.6 Å². The average molecular weight is 252 g/mol. The number of rotatable bonds is 4. The second-order valence-electron chi connectivity index (χ2n) is 5.21. The minimum absolute atomic E-state index is 0.402. The van der Waals surface area contributed by atoms with Crippen LogP contribution < -0.4 is 16.8 Å². The summed E-state index contributed by atoms with van der Waals surface area (Å²) in [5.74, 6) is 0.402. The number of hydrogen-bond donors (Lipinski definition) is 3. The molecule has 2 rings (SSSR count). The molecule has 6 heteroatoms. The van der Waals surface area contributed by atoms with Gasteiger partial charge in [-0.15, -0.1) is 0 Å². The number of aliphatic imine (C=N–C) groups is 1. The molecular weight excluding hydrogens is 228 g/mol. The molecule has 1 fully saturated rings. The Balaban J connectivity index is 1.72. The Morgan fingerprint density at radius 2 is 2.11 bits per heavy atom. The number of nitrogens with one attached hydrogen (secondary N) is 1. The van der Waals surface area contributed by atoms with Crippen molar-refractivity contribution in [1.29, 1.82) is 0 Å². The molecule has 1 unspecified atom stereocenters. The van der Waals surface area contributed by atoms with E-state index in [4.69, 9.17) is 11.5 Å². The number of piperazine rings is 1. The second kappa shape index (κ2) is 5.69. The summed E-state index contributed by atoms with van der Waals surface area (Å²) in [5, 5.41) is 2.83. The highest BCUT2D eigenvalue weighted by atomic mass is 15.2. The van der Waals surface area contributed by atoms with E-state index < -0.39 is 5.66 Å². The fourth-order valence-corrected chi connectivity index (χ4v) is 2.36. The normalized spacial score (nSPS) is 30.0. The van der Waals surface area contributed by atoms with Crippen LogP contribution in [0.2, 0.25) is 0 Å². The van der Waals surface area contributed by atoms with Crippen molar-refractivity contribution in [2.45, 2.75) is 18.5 Å². The number of nitrogens with two attached hydrogens (primary N) is 2. The molecule has 6 nitrogen and oxygen atoms in total. The van der Waals surface area contributed by atoms with Crippen molar-refractivity contribution in [3.05, 3.63) is 12.3 Å². The summed E-state index contributed by atoms with van der Waals surface area (Å²) in [5.41, 5.74) is 11.2. The topological polar surface area (TPSA) is 82.9 Å². The predicted molar refractivity (Wildman–Crippen MR) is 74.0 cm³/mol. The van der Waals surface area contributed by atoms with Crippen LogP contribution in [0, 0.1) is 0 Å². The third kappa shape index (κ3) is 3.69. The fourth-order valence-electron chi connectivity index (χ4n) is 2.36. The summed E-state index contributed by atoms with van der Waals surface area (Å²) in [6.45, 7) is 5.70.